The first kappa shape index (κ1) is 12.5. The van der Waals surface area contributed by atoms with Gasteiger partial charge in [-0.25, -0.2) is 0 Å². The molecule has 0 spiro atoms. The van der Waals surface area contributed by atoms with Crippen molar-refractivity contribution in [2.75, 3.05) is 11.1 Å². The van der Waals surface area contributed by atoms with Crippen molar-refractivity contribution in [1.82, 2.24) is 0 Å². The summed E-state index contributed by atoms with van der Waals surface area (Å²) in [6.45, 7) is 5.52. The zero-order valence-corrected chi connectivity index (χ0v) is 9.86. The minimum absolute atomic E-state index is 0.0344. The van der Waals surface area contributed by atoms with Crippen LogP contribution in [0.3, 0.4) is 0 Å². The molecule has 4 heteroatoms. The first-order valence-electron chi connectivity index (χ1n) is 5.31. The molecule has 0 aliphatic carbocycles. The fourth-order valence-electron chi connectivity index (χ4n) is 1.28. The zero-order valence-electron chi connectivity index (χ0n) is 9.86. The maximum atomic E-state index is 11.7. The van der Waals surface area contributed by atoms with Crippen molar-refractivity contribution in [1.29, 1.82) is 0 Å². The lowest BCUT2D eigenvalue weighted by Gasteiger charge is -2.15. The summed E-state index contributed by atoms with van der Waals surface area (Å²) in [5.41, 5.74) is 6.94. The van der Waals surface area contributed by atoms with E-state index in [-0.39, 0.29) is 12.0 Å². The third kappa shape index (κ3) is 3.90. The average molecular weight is 222 g/mol. The Balaban J connectivity index is 2.54. The van der Waals surface area contributed by atoms with Gasteiger partial charge in [0.1, 0.15) is 6.10 Å². The number of amides is 1. The molecule has 0 saturated heterocycles. The molecule has 0 bridgehead atoms. The van der Waals surface area contributed by atoms with E-state index >= 15 is 0 Å². The van der Waals surface area contributed by atoms with Crippen molar-refractivity contribution < 1.29 is 9.53 Å². The van der Waals surface area contributed by atoms with Gasteiger partial charge in [0.15, 0.2) is 0 Å². The Morgan fingerprint density at radius 1 is 1.25 bits per heavy atom. The molecule has 0 fully saturated rings. The van der Waals surface area contributed by atoms with Gasteiger partial charge in [-0.05, 0) is 45.0 Å². The second-order valence-electron chi connectivity index (χ2n) is 3.94. The number of nitrogens with one attached hydrogen (secondary N) is 1. The lowest BCUT2D eigenvalue weighted by molar-refractivity contribution is -0.128. The fraction of sp³-hybridized carbons (Fsp3) is 0.417. The summed E-state index contributed by atoms with van der Waals surface area (Å²) in [5, 5.41) is 2.75. The minimum Gasteiger partial charge on any atom is -0.399 e. The number of nitrogens with two attached hydrogens (primary N) is 1. The van der Waals surface area contributed by atoms with Gasteiger partial charge in [-0.2, -0.15) is 0 Å². The molecule has 1 amide bonds. The molecule has 16 heavy (non-hydrogen) atoms. The van der Waals surface area contributed by atoms with E-state index in [0.717, 1.165) is 5.69 Å². The second-order valence-corrected chi connectivity index (χ2v) is 3.94. The van der Waals surface area contributed by atoms with Gasteiger partial charge in [-0.3, -0.25) is 4.79 Å². The number of rotatable bonds is 4. The molecule has 0 saturated carbocycles. The van der Waals surface area contributed by atoms with E-state index in [1.165, 1.54) is 0 Å². The van der Waals surface area contributed by atoms with Gasteiger partial charge in [0.25, 0.3) is 5.91 Å². The van der Waals surface area contributed by atoms with Gasteiger partial charge in [-0.15, -0.1) is 0 Å². The Labute approximate surface area is 95.8 Å². The van der Waals surface area contributed by atoms with Crippen LogP contribution in [0, 0.1) is 0 Å². The summed E-state index contributed by atoms with van der Waals surface area (Å²) in [4.78, 5) is 11.7. The van der Waals surface area contributed by atoms with E-state index in [4.69, 9.17) is 10.5 Å². The topological polar surface area (TPSA) is 64.3 Å². The molecule has 1 aromatic rings. The SMILES string of the molecule is CC(C)OC(C)C(=O)Nc1ccc(N)cc1. The van der Waals surface area contributed by atoms with Crippen molar-refractivity contribution >= 4 is 17.3 Å². The van der Waals surface area contributed by atoms with Crippen LogP contribution in [0.15, 0.2) is 24.3 Å². The standard InChI is InChI=1S/C12H18N2O2/c1-8(2)16-9(3)12(15)14-11-6-4-10(13)5-7-11/h4-9H,13H2,1-3H3,(H,14,15). The van der Waals surface area contributed by atoms with Gasteiger partial charge in [-0.1, -0.05) is 0 Å². The van der Waals surface area contributed by atoms with E-state index in [0.29, 0.717) is 5.69 Å². The molecule has 0 aliphatic heterocycles. The second kappa shape index (κ2) is 5.51. The van der Waals surface area contributed by atoms with Crippen LogP contribution in [0.1, 0.15) is 20.8 Å². The number of nitrogen functional groups attached to an aromatic ring is 1. The molecule has 0 heterocycles. The lowest BCUT2D eigenvalue weighted by atomic mass is 10.2. The quantitative estimate of drug-likeness (QED) is 0.766. The predicted molar refractivity (Wildman–Crippen MR) is 65.2 cm³/mol. The average Bonchev–Trinajstić information content (AvgIpc) is 2.20. The number of carbonyl (C=O) groups is 1. The Kier molecular flexibility index (Phi) is 4.31. The van der Waals surface area contributed by atoms with Crippen molar-refractivity contribution in [2.45, 2.75) is 33.0 Å². The fourth-order valence-corrected chi connectivity index (χ4v) is 1.28. The predicted octanol–water partition coefficient (Wildman–Crippen LogP) is 2.02. The van der Waals surface area contributed by atoms with Gasteiger partial charge in [0.05, 0.1) is 6.10 Å². The summed E-state index contributed by atoms with van der Waals surface area (Å²) >= 11 is 0. The van der Waals surface area contributed by atoms with Crippen LogP contribution in [-0.4, -0.2) is 18.1 Å². The molecule has 0 aromatic heterocycles. The smallest absolute Gasteiger partial charge is 0.253 e. The molecule has 88 valence electrons. The third-order valence-corrected chi connectivity index (χ3v) is 2.02. The van der Waals surface area contributed by atoms with Crippen molar-refractivity contribution in [2.24, 2.45) is 0 Å². The van der Waals surface area contributed by atoms with Gasteiger partial charge < -0.3 is 15.8 Å². The van der Waals surface area contributed by atoms with Crippen LogP contribution in [0.5, 0.6) is 0 Å². The normalized spacial score (nSPS) is 12.5. The maximum absolute atomic E-state index is 11.7. The van der Waals surface area contributed by atoms with Gasteiger partial charge in [0.2, 0.25) is 0 Å². The maximum Gasteiger partial charge on any atom is 0.253 e. The van der Waals surface area contributed by atoms with Crippen molar-refractivity contribution in [3.8, 4) is 0 Å². The number of hydrogen-bond donors (Lipinski definition) is 2. The van der Waals surface area contributed by atoms with Crippen molar-refractivity contribution in [3.05, 3.63) is 24.3 Å². The van der Waals surface area contributed by atoms with Gasteiger partial charge >= 0.3 is 0 Å². The zero-order chi connectivity index (χ0) is 12.1. The van der Waals surface area contributed by atoms with E-state index in [9.17, 15) is 4.79 Å². The highest BCUT2D eigenvalue weighted by Gasteiger charge is 2.14. The summed E-state index contributed by atoms with van der Waals surface area (Å²) in [7, 11) is 0. The largest absolute Gasteiger partial charge is 0.399 e. The first-order chi connectivity index (χ1) is 7.49. The Hall–Kier alpha value is -1.55. The molecular weight excluding hydrogens is 204 g/mol. The monoisotopic (exact) mass is 222 g/mol. The molecule has 1 rings (SSSR count). The molecule has 3 N–H and O–H groups in total. The highest BCUT2D eigenvalue weighted by molar-refractivity contribution is 5.94. The van der Waals surface area contributed by atoms with Crippen LogP contribution in [-0.2, 0) is 9.53 Å². The molecule has 1 aromatic carbocycles. The Bertz CT molecular complexity index is 347. The molecular formula is C12H18N2O2. The van der Waals surface area contributed by atoms with Crippen LogP contribution in [0.4, 0.5) is 11.4 Å². The Morgan fingerprint density at radius 3 is 2.31 bits per heavy atom. The van der Waals surface area contributed by atoms with E-state index in [1.807, 2.05) is 13.8 Å². The minimum atomic E-state index is -0.461. The number of ether oxygens (including phenoxy) is 1. The van der Waals surface area contributed by atoms with Gasteiger partial charge in [0, 0.05) is 11.4 Å². The summed E-state index contributed by atoms with van der Waals surface area (Å²) in [6, 6.07) is 7.00. The summed E-state index contributed by atoms with van der Waals surface area (Å²) in [5.74, 6) is -0.154. The molecule has 0 aliphatic rings. The van der Waals surface area contributed by atoms with Crippen molar-refractivity contribution in [3.63, 3.8) is 0 Å². The van der Waals surface area contributed by atoms with Crippen LogP contribution in [0.25, 0.3) is 0 Å². The van der Waals surface area contributed by atoms with Crippen LogP contribution in [0.2, 0.25) is 0 Å². The lowest BCUT2D eigenvalue weighted by Crippen LogP contribution is -2.29. The van der Waals surface area contributed by atoms with E-state index in [2.05, 4.69) is 5.32 Å². The third-order valence-electron chi connectivity index (χ3n) is 2.02. The number of hydrogen-bond acceptors (Lipinski definition) is 3. The molecule has 1 unspecified atom stereocenters. The molecule has 1 atom stereocenters. The van der Waals surface area contributed by atoms with E-state index in [1.54, 1.807) is 31.2 Å². The number of benzene rings is 1. The van der Waals surface area contributed by atoms with Crippen LogP contribution < -0.4 is 11.1 Å². The number of anilines is 2. The highest BCUT2D eigenvalue weighted by atomic mass is 16.5. The first-order valence-corrected chi connectivity index (χ1v) is 5.31. The van der Waals surface area contributed by atoms with E-state index < -0.39 is 6.10 Å². The molecule has 0 radical (unpaired) electrons. The molecule has 4 nitrogen and oxygen atoms in total. The number of carbonyl (C=O) groups excluding carboxylic acids is 1. The highest BCUT2D eigenvalue weighted by Crippen LogP contribution is 2.11. The summed E-state index contributed by atoms with van der Waals surface area (Å²) in [6.07, 6.45) is -0.426. The van der Waals surface area contributed by atoms with Crippen LogP contribution >= 0.6 is 0 Å². The summed E-state index contributed by atoms with van der Waals surface area (Å²) < 4.78 is 5.37. The Morgan fingerprint density at radius 2 is 1.81 bits per heavy atom.